The quantitative estimate of drug-likeness (QED) is 0.383. The van der Waals surface area contributed by atoms with Crippen LogP contribution in [0.1, 0.15) is 89.8 Å². The molecular formula is C32H40O7. The lowest BCUT2D eigenvalue weighted by Gasteiger charge is -2.59. The van der Waals surface area contributed by atoms with Crippen LogP contribution in [0.3, 0.4) is 0 Å². The topological polar surface area (TPSA) is 132 Å². The molecule has 39 heavy (non-hydrogen) atoms. The Labute approximate surface area is 229 Å². The molecule has 2 saturated carbocycles. The summed E-state index contributed by atoms with van der Waals surface area (Å²) >= 11 is 0. The van der Waals surface area contributed by atoms with Gasteiger partial charge in [0.2, 0.25) is 5.78 Å². The lowest BCUT2D eigenvalue weighted by molar-refractivity contribution is -0.178. The number of phenols is 1. The van der Waals surface area contributed by atoms with Gasteiger partial charge in [-0.15, -0.1) is 0 Å². The molecule has 7 nitrogen and oxygen atoms in total. The van der Waals surface area contributed by atoms with E-state index in [1.165, 1.54) is 19.3 Å². The van der Waals surface area contributed by atoms with E-state index in [1.54, 1.807) is 26.8 Å². The minimum Gasteiger partial charge on any atom is -0.508 e. The van der Waals surface area contributed by atoms with Gasteiger partial charge >= 0.3 is 0 Å². The maximum atomic E-state index is 14.3. The van der Waals surface area contributed by atoms with E-state index in [-0.39, 0.29) is 29.2 Å². The zero-order valence-corrected chi connectivity index (χ0v) is 23.6. The maximum absolute atomic E-state index is 14.3. The highest BCUT2D eigenvalue weighted by atomic mass is 16.3. The van der Waals surface area contributed by atoms with Gasteiger partial charge in [0.05, 0.1) is 5.56 Å². The summed E-state index contributed by atoms with van der Waals surface area (Å²) in [7, 11) is 0. The molecule has 4 aliphatic rings. The summed E-state index contributed by atoms with van der Waals surface area (Å²) in [5, 5.41) is 45.9. The van der Waals surface area contributed by atoms with Crippen LogP contribution in [0.5, 0.6) is 5.75 Å². The van der Waals surface area contributed by atoms with E-state index in [0.717, 1.165) is 37.3 Å². The fraction of sp³-hybridized carbons (Fsp3) is 0.594. The Morgan fingerprint density at radius 1 is 1.05 bits per heavy atom. The minimum absolute atomic E-state index is 0.0774. The van der Waals surface area contributed by atoms with E-state index >= 15 is 0 Å². The molecule has 0 spiro atoms. The molecule has 0 heterocycles. The number of rotatable bonds is 4. The van der Waals surface area contributed by atoms with Gasteiger partial charge in [-0.1, -0.05) is 65.9 Å². The fourth-order valence-electron chi connectivity index (χ4n) is 8.67. The van der Waals surface area contributed by atoms with E-state index in [1.807, 2.05) is 13.0 Å². The Bertz CT molecular complexity index is 1340. The van der Waals surface area contributed by atoms with Crippen molar-refractivity contribution in [2.75, 3.05) is 0 Å². The largest absolute Gasteiger partial charge is 0.508 e. The van der Waals surface area contributed by atoms with E-state index in [0.29, 0.717) is 12.3 Å². The number of benzene rings is 1. The van der Waals surface area contributed by atoms with Crippen LogP contribution in [-0.2, 0) is 27.2 Å². The molecule has 210 valence electrons. The number of fused-ring (bicyclic) bond motifs is 3. The summed E-state index contributed by atoms with van der Waals surface area (Å²) in [6.45, 7) is 8.23. The molecule has 4 aliphatic carbocycles. The molecule has 5 rings (SSSR count). The number of phenolic OH excluding ortho intramolecular Hbond substituents is 1. The Morgan fingerprint density at radius 2 is 1.69 bits per heavy atom. The van der Waals surface area contributed by atoms with Gasteiger partial charge in [-0.3, -0.25) is 14.4 Å². The summed E-state index contributed by atoms with van der Waals surface area (Å²) in [5.41, 5.74) is -3.61. The summed E-state index contributed by atoms with van der Waals surface area (Å²) in [6, 6.07) is 3.45. The van der Waals surface area contributed by atoms with Crippen LogP contribution < -0.4 is 0 Å². The van der Waals surface area contributed by atoms with Crippen LogP contribution in [0, 0.1) is 28.6 Å². The highest BCUT2D eigenvalue weighted by Crippen LogP contribution is 2.65. The average molecular weight is 537 g/mol. The first-order chi connectivity index (χ1) is 18.2. The number of ketones is 3. The maximum Gasteiger partial charge on any atom is 0.203 e. The molecule has 2 fully saturated rings. The third-order valence-corrected chi connectivity index (χ3v) is 10.2. The molecule has 7 heteroatoms. The number of carbonyl (C=O) groups is 3. The van der Waals surface area contributed by atoms with Gasteiger partial charge in [0.15, 0.2) is 17.2 Å². The lowest BCUT2D eigenvalue weighted by atomic mass is 9.43. The van der Waals surface area contributed by atoms with E-state index in [2.05, 4.69) is 0 Å². The molecule has 0 saturated heterocycles. The number of allylic oxidation sites excluding steroid dienone is 1. The van der Waals surface area contributed by atoms with Crippen LogP contribution in [0.25, 0.3) is 5.76 Å². The summed E-state index contributed by atoms with van der Waals surface area (Å²) in [6.07, 6.45) is 7.14. The van der Waals surface area contributed by atoms with Gasteiger partial charge in [0.1, 0.15) is 22.8 Å². The molecule has 0 aromatic heterocycles. The first kappa shape index (κ1) is 27.6. The predicted molar refractivity (Wildman–Crippen MR) is 146 cm³/mol. The van der Waals surface area contributed by atoms with Gasteiger partial charge in [-0.25, -0.2) is 0 Å². The summed E-state index contributed by atoms with van der Waals surface area (Å²) < 4.78 is 0. The molecule has 0 radical (unpaired) electrons. The van der Waals surface area contributed by atoms with Gasteiger partial charge in [0, 0.05) is 22.3 Å². The molecule has 1 unspecified atom stereocenters. The number of aromatic hydroxyl groups is 1. The zero-order chi connectivity index (χ0) is 28.7. The Kier molecular flexibility index (Phi) is 6.41. The first-order valence-corrected chi connectivity index (χ1v) is 14.2. The third kappa shape index (κ3) is 3.68. The second-order valence-corrected chi connectivity index (χ2v) is 13.3. The highest BCUT2D eigenvalue weighted by Gasteiger charge is 2.72. The normalized spacial score (nSPS) is 33.3. The first-order valence-electron chi connectivity index (χ1n) is 14.2. The second-order valence-electron chi connectivity index (χ2n) is 13.3. The Hall–Kier alpha value is -2.93. The summed E-state index contributed by atoms with van der Waals surface area (Å²) in [4.78, 5) is 40.4. The van der Waals surface area contributed by atoms with Crippen molar-refractivity contribution in [3.05, 3.63) is 45.7 Å². The molecule has 1 aromatic carbocycles. The number of hydrogen-bond acceptors (Lipinski definition) is 7. The predicted octanol–water partition coefficient (Wildman–Crippen LogP) is 5.31. The number of carbonyl (C=O) groups excluding carboxylic acids is 3. The van der Waals surface area contributed by atoms with Crippen LogP contribution >= 0.6 is 0 Å². The zero-order valence-electron chi connectivity index (χ0n) is 23.6. The monoisotopic (exact) mass is 536 g/mol. The molecule has 0 aliphatic heterocycles. The van der Waals surface area contributed by atoms with Crippen molar-refractivity contribution in [3.63, 3.8) is 0 Å². The van der Waals surface area contributed by atoms with E-state index < -0.39 is 56.8 Å². The van der Waals surface area contributed by atoms with Gasteiger partial charge < -0.3 is 20.4 Å². The van der Waals surface area contributed by atoms with Crippen molar-refractivity contribution in [1.29, 1.82) is 0 Å². The van der Waals surface area contributed by atoms with Crippen molar-refractivity contribution < 1.29 is 34.8 Å². The van der Waals surface area contributed by atoms with Crippen LogP contribution in [0.4, 0.5) is 0 Å². The third-order valence-electron chi connectivity index (χ3n) is 10.2. The molecule has 1 aromatic rings. The SMILES string of the molecule is CC(=O)C1=C(O)[C@]2(O)C(=O)C3=C(O)c4c(O)ccc(CC5CCCCC5)c4C[C@]3(C)C[C@]2(C)C(C(C)C)C1=O. The van der Waals surface area contributed by atoms with Crippen LogP contribution in [0.2, 0.25) is 0 Å². The second kappa shape index (κ2) is 9.05. The highest BCUT2D eigenvalue weighted by molar-refractivity contribution is 6.24. The molecule has 4 atom stereocenters. The van der Waals surface area contributed by atoms with Crippen LogP contribution in [-0.4, -0.2) is 43.4 Å². The number of hydrogen-bond donors (Lipinski definition) is 4. The minimum atomic E-state index is -2.58. The molecular weight excluding hydrogens is 496 g/mol. The van der Waals surface area contributed by atoms with Crippen LogP contribution in [0.15, 0.2) is 29.0 Å². The van der Waals surface area contributed by atoms with Gasteiger partial charge in [-0.2, -0.15) is 0 Å². The Morgan fingerprint density at radius 3 is 2.28 bits per heavy atom. The fourth-order valence-corrected chi connectivity index (χ4v) is 8.67. The molecule has 0 amide bonds. The van der Waals surface area contributed by atoms with Crippen molar-refractivity contribution in [3.8, 4) is 5.75 Å². The number of aliphatic hydroxyl groups is 3. The van der Waals surface area contributed by atoms with Crippen molar-refractivity contribution >= 4 is 23.1 Å². The average Bonchev–Trinajstić information content (AvgIpc) is 2.83. The Balaban J connectivity index is 1.73. The number of Topliss-reactive ketones (excluding diaryl/α,β-unsaturated/α-hetero) is 3. The standard InChI is InChI=1S/C32H40O7/c1-16(2)24-26(35)22(17(3)33)28(37)32(39)29(38)25-27(36)23-20(14-30(25,4)15-31(24,32)5)19(11-12-21(23)34)13-18-9-7-6-8-10-18/h11-12,16,18,24,34,36-37,39H,6-10,13-15H2,1-5H3/t24?,30-,31-,32+/m1/s1. The molecule has 0 bridgehead atoms. The molecule has 4 N–H and O–H groups in total. The van der Waals surface area contributed by atoms with Crippen molar-refractivity contribution in [2.24, 2.45) is 28.6 Å². The van der Waals surface area contributed by atoms with E-state index in [4.69, 9.17) is 0 Å². The van der Waals surface area contributed by atoms with E-state index in [9.17, 15) is 34.8 Å². The van der Waals surface area contributed by atoms with Crippen molar-refractivity contribution in [2.45, 2.75) is 91.6 Å². The summed E-state index contributed by atoms with van der Waals surface area (Å²) in [5.74, 6) is -4.45. The van der Waals surface area contributed by atoms with Gasteiger partial charge in [0.25, 0.3) is 0 Å². The number of aliphatic hydroxyl groups excluding tert-OH is 2. The van der Waals surface area contributed by atoms with Crippen molar-refractivity contribution in [1.82, 2.24) is 0 Å². The lowest BCUT2D eigenvalue weighted by Crippen LogP contribution is -2.69. The van der Waals surface area contributed by atoms with Gasteiger partial charge in [-0.05, 0) is 55.2 Å². The smallest absolute Gasteiger partial charge is 0.203 e.